The van der Waals surface area contributed by atoms with Gasteiger partial charge in [0.2, 0.25) is 0 Å². The number of benzene rings is 1. The molecule has 0 saturated carbocycles. The minimum absolute atomic E-state index is 0.116. The van der Waals surface area contributed by atoms with Gasteiger partial charge in [0.25, 0.3) is 5.56 Å². The topological polar surface area (TPSA) is 75.1 Å². The first kappa shape index (κ1) is 12.9. The molecule has 2 rings (SSSR count). The molecule has 1 heterocycles. The first-order valence-electron chi connectivity index (χ1n) is 5.02. The van der Waals surface area contributed by atoms with Crippen LogP contribution in [0.5, 0.6) is 0 Å². The molecule has 0 unspecified atom stereocenters. The van der Waals surface area contributed by atoms with Crippen LogP contribution in [0, 0.1) is 0 Å². The van der Waals surface area contributed by atoms with Gasteiger partial charge in [-0.2, -0.15) is 13.2 Å². The van der Waals surface area contributed by atoms with Gasteiger partial charge in [-0.05, 0) is 24.3 Å². The lowest BCUT2D eigenvalue weighted by atomic mass is 10.2. The second-order valence-electron chi connectivity index (χ2n) is 3.69. The maximum Gasteiger partial charge on any atom is 0.416 e. The first-order valence-corrected chi connectivity index (χ1v) is 5.02. The molecule has 19 heavy (non-hydrogen) atoms. The molecule has 0 aliphatic heterocycles. The van der Waals surface area contributed by atoms with Gasteiger partial charge in [0.15, 0.2) is 0 Å². The molecule has 0 aliphatic rings. The molecule has 2 N–H and O–H groups in total. The van der Waals surface area contributed by atoms with Crippen molar-refractivity contribution < 1.29 is 23.1 Å². The van der Waals surface area contributed by atoms with Gasteiger partial charge in [0.1, 0.15) is 5.69 Å². The lowest BCUT2D eigenvalue weighted by molar-refractivity contribution is -0.137. The van der Waals surface area contributed by atoms with Crippen molar-refractivity contribution >= 4 is 5.97 Å². The average Bonchev–Trinajstić information content (AvgIpc) is 2.70. The van der Waals surface area contributed by atoms with Crippen molar-refractivity contribution in [1.82, 2.24) is 9.78 Å². The molecule has 0 aliphatic carbocycles. The van der Waals surface area contributed by atoms with Crippen LogP contribution >= 0.6 is 0 Å². The van der Waals surface area contributed by atoms with Crippen LogP contribution in [-0.2, 0) is 6.18 Å². The molecule has 1 aromatic carbocycles. The number of hydrogen-bond donors (Lipinski definition) is 2. The summed E-state index contributed by atoms with van der Waals surface area (Å²) in [6.07, 6.45) is -4.47. The van der Waals surface area contributed by atoms with E-state index in [1.807, 2.05) is 0 Å². The minimum Gasteiger partial charge on any atom is -0.477 e. The highest BCUT2D eigenvalue weighted by Crippen LogP contribution is 2.29. The fourth-order valence-corrected chi connectivity index (χ4v) is 1.50. The van der Waals surface area contributed by atoms with Crippen LogP contribution in [-0.4, -0.2) is 20.9 Å². The Morgan fingerprint density at radius 3 is 2.21 bits per heavy atom. The number of carboxylic acid groups (broad SMARTS) is 1. The van der Waals surface area contributed by atoms with Crippen molar-refractivity contribution in [1.29, 1.82) is 0 Å². The highest BCUT2D eigenvalue weighted by atomic mass is 19.4. The molecule has 8 heteroatoms. The van der Waals surface area contributed by atoms with Crippen molar-refractivity contribution in [3.05, 3.63) is 51.9 Å². The molecule has 5 nitrogen and oxygen atoms in total. The minimum atomic E-state index is -4.47. The van der Waals surface area contributed by atoms with Crippen LogP contribution in [0.2, 0.25) is 0 Å². The number of hydrogen-bond acceptors (Lipinski definition) is 2. The smallest absolute Gasteiger partial charge is 0.416 e. The molecule has 0 amide bonds. The number of aromatic nitrogens is 2. The van der Waals surface area contributed by atoms with Crippen LogP contribution in [0.15, 0.2) is 35.1 Å². The number of aromatic carboxylic acids is 1. The summed E-state index contributed by atoms with van der Waals surface area (Å²) in [6.45, 7) is 0. The summed E-state index contributed by atoms with van der Waals surface area (Å²) in [5, 5.41) is 11.0. The predicted molar refractivity (Wildman–Crippen MR) is 58.4 cm³/mol. The SMILES string of the molecule is O=C(O)c1cc(=O)n(-c2ccc(C(F)(F)F)cc2)[nH]1. The highest BCUT2D eigenvalue weighted by Gasteiger charge is 2.30. The fraction of sp³-hybridized carbons (Fsp3) is 0.0909. The Morgan fingerprint density at radius 1 is 1.21 bits per heavy atom. The number of alkyl halides is 3. The number of aromatic amines is 1. The van der Waals surface area contributed by atoms with Gasteiger partial charge in [-0.15, -0.1) is 0 Å². The van der Waals surface area contributed by atoms with Gasteiger partial charge in [-0.1, -0.05) is 0 Å². The lowest BCUT2D eigenvalue weighted by Gasteiger charge is -2.07. The summed E-state index contributed by atoms with van der Waals surface area (Å²) < 4.78 is 37.9. The molecule has 100 valence electrons. The molecule has 0 bridgehead atoms. The monoisotopic (exact) mass is 272 g/mol. The Balaban J connectivity index is 2.43. The Bertz CT molecular complexity index is 668. The standard InChI is InChI=1S/C11H7F3N2O3/c12-11(13,14)6-1-3-7(4-2-6)16-9(17)5-8(15-16)10(18)19/h1-5,15H,(H,18,19). The highest BCUT2D eigenvalue weighted by molar-refractivity contribution is 5.85. The van der Waals surface area contributed by atoms with Crippen molar-refractivity contribution in [2.45, 2.75) is 6.18 Å². The molecule has 0 radical (unpaired) electrons. The molecule has 0 fully saturated rings. The van der Waals surface area contributed by atoms with Crippen molar-refractivity contribution in [2.75, 3.05) is 0 Å². The third-order valence-electron chi connectivity index (χ3n) is 2.40. The summed E-state index contributed by atoms with van der Waals surface area (Å²) in [5.41, 5.74) is -1.75. The van der Waals surface area contributed by atoms with E-state index in [-0.39, 0.29) is 11.4 Å². The maximum absolute atomic E-state index is 12.4. The number of nitrogens with zero attached hydrogens (tertiary/aromatic N) is 1. The normalized spacial score (nSPS) is 11.5. The summed E-state index contributed by atoms with van der Waals surface area (Å²) in [6, 6.07) is 4.62. The Kier molecular flexibility index (Phi) is 2.93. The second kappa shape index (κ2) is 4.30. The van der Waals surface area contributed by atoms with E-state index < -0.39 is 23.3 Å². The number of carbonyl (C=O) groups is 1. The largest absolute Gasteiger partial charge is 0.477 e. The predicted octanol–water partition coefficient (Wildman–Crippen LogP) is 1.88. The van der Waals surface area contributed by atoms with Crippen LogP contribution < -0.4 is 5.56 Å². The lowest BCUT2D eigenvalue weighted by Crippen LogP contribution is -2.14. The number of H-pyrrole nitrogens is 1. The van der Waals surface area contributed by atoms with E-state index in [0.29, 0.717) is 0 Å². The Morgan fingerprint density at radius 2 is 1.79 bits per heavy atom. The third-order valence-corrected chi connectivity index (χ3v) is 2.40. The van der Waals surface area contributed by atoms with E-state index in [4.69, 9.17) is 5.11 Å². The maximum atomic E-state index is 12.4. The molecule has 1 aromatic heterocycles. The van der Waals surface area contributed by atoms with Crippen LogP contribution in [0.3, 0.4) is 0 Å². The zero-order valence-corrected chi connectivity index (χ0v) is 9.23. The van der Waals surface area contributed by atoms with Crippen molar-refractivity contribution in [3.8, 4) is 5.69 Å². The van der Waals surface area contributed by atoms with Gasteiger partial charge in [0.05, 0.1) is 11.3 Å². The number of nitrogens with one attached hydrogen (secondary N) is 1. The summed E-state index contributed by atoms with van der Waals surface area (Å²) >= 11 is 0. The zero-order chi connectivity index (χ0) is 14.2. The van der Waals surface area contributed by atoms with Crippen LogP contribution in [0.4, 0.5) is 13.2 Å². The van der Waals surface area contributed by atoms with Gasteiger partial charge in [0, 0.05) is 6.07 Å². The molecule has 0 spiro atoms. The van der Waals surface area contributed by atoms with E-state index in [0.717, 1.165) is 35.0 Å². The quantitative estimate of drug-likeness (QED) is 0.876. The molecular formula is C11H7F3N2O3. The van der Waals surface area contributed by atoms with Crippen molar-refractivity contribution in [3.63, 3.8) is 0 Å². The van der Waals surface area contributed by atoms with Gasteiger partial charge in [-0.3, -0.25) is 9.89 Å². The average molecular weight is 272 g/mol. The van der Waals surface area contributed by atoms with E-state index in [2.05, 4.69) is 5.10 Å². The van der Waals surface area contributed by atoms with Crippen LogP contribution in [0.25, 0.3) is 5.69 Å². The Labute approximate surface area is 103 Å². The van der Waals surface area contributed by atoms with Crippen LogP contribution in [0.1, 0.15) is 16.1 Å². The first-order chi connectivity index (χ1) is 8.79. The summed E-state index contributed by atoms with van der Waals surface area (Å²) in [4.78, 5) is 22.1. The zero-order valence-electron chi connectivity index (χ0n) is 9.23. The third kappa shape index (κ3) is 2.51. The van der Waals surface area contributed by atoms with E-state index in [1.54, 1.807) is 0 Å². The number of rotatable bonds is 2. The molecular weight excluding hydrogens is 265 g/mol. The van der Waals surface area contributed by atoms with E-state index in [1.165, 1.54) is 0 Å². The van der Waals surface area contributed by atoms with Gasteiger partial charge < -0.3 is 5.11 Å². The Hall–Kier alpha value is -2.51. The molecule has 0 saturated heterocycles. The summed E-state index contributed by atoms with van der Waals surface area (Å²) in [7, 11) is 0. The molecule has 2 aromatic rings. The summed E-state index contributed by atoms with van der Waals surface area (Å²) in [5.74, 6) is -1.33. The molecule has 0 atom stereocenters. The van der Waals surface area contributed by atoms with Gasteiger partial charge in [-0.25, -0.2) is 9.48 Å². The second-order valence-corrected chi connectivity index (χ2v) is 3.69. The number of halogens is 3. The van der Waals surface area contributed by atoms with Crippen molar-refractivity contribution in [2.24, 2.45) is 0 Å². The van der Waals surface area contributed by atoms with E-state index in [9.17, 15) is 22.8 Å². The number of carboxylic acids is 1. The fourth-order valence-electron chi connectivity index (χ4n) is 1.50. The van der Waals surface area contributed by atoms with E-state index >= 15 is 0 Å². The van der Waals surface area contributed by atoms with Gasteiger partial charge >= 0.3 is 12.1 Å².